The molecule has 0 aliphatic heterocycles. The van der Waals surface area contributed by atoms with E-state index in [1.165, 1.54) is 6.07 Å². The molecule has 1 N–H and O–H groups in total. The van der Waals surface area contributed by atoms with E-state index in [-0.39, 0.29) is 6.04 Å². The number of alkyl halides is 3. The first-order chi connectivity index (χ1) is 13.3. The maximum atomic E-state index is 13.0. The summed E-state index contributed by atoms with van der Waals surface area (Å²) in [6.07, 6.45) is -4.37. The average Bonchev–Trinajstić information content (AvgIpc) is 2.67. The molecule has 1 aromatic heterocycles. The van der Waals surface area contributed by atoms with Crippen molar-refractivity contribution < 1.29 is 17.9 Å². The summed E-state index contributed by atoms with van der Waals surface area (Å²) in [5.74, 6) is 1.80. The summed E-state index contributed by atoms with van der Waals surface area (Å²) in [5.41, 5.74) is 1.41. The topological polar surface area (TPSA) is 47.0 Å². The third-order valence-corrected chi connectivity index (χ3v) is 4.28. The molecule has 0 aliphatic carbocycles. The lowest BCUT2D eigenvalue weighted by Crippen LogP contribution is -2.11. The average molecular weight is 387 g/mol. The number of benzene rings is 2. The van der Waals surface area contributed by atoms with Gasteiger partial charge >= 0.3 is 6.18 Å². The van der Waals surface area contributed by atoms with Crippen LogP contribution in [0.15, 0.2) is 54.6 Å². The van der Waals surface area contributed by atoms with Gasteiger partial charge < -0.3 is 10.1 Å². The summed E-state index contributed by atoms with van der Waals surface area (Å²) >= 11 is 0. The van der Waals surface area contributed by atoms with Gasteiger partial charge in [0, 0.05) is 17.7 Å². The highest BCUT2D eigenvalue weighted by atomic mass is 19.4. The van der Waals surface area contributed by atoms with Crippen LogP contribution in [0.3, 0.4) is 0 Å². The Morgan fingerprint density at radius 2 is 1.75 bits per heavy atom. The molecule has 0 saturated carbocycles. The number of hydrogen-bond acceptors (Lipinski definition) is 4. The van der Waals surface area contributed by atoms with Crippen LogP contribution in [0.1, 0.15) is 29.9 Å². The van der Waals surface area contributed by atoms with E-state index >= 15 is 0 Å². The van der Waals surface area contributed by atoms with Crippen molar-refractivity contribution in [3.05, 3.63) is 71.5 Å². The number of nitrogens with one attached hydrogen (secondary N) is 1. The Hall–Kier alpha value is -3.09. The molecule has 0 aliphatic rings. The zero-order chi connectivity index (χ0) is 20.3. The number of aryl methyl sites for hydroxylation is 1. The normalized spacial score (nSPS) is 12.5. The first-order valence-corrected chi connectivity index (χ1v) is 8.70. The van der Waals surface area contributed by atoms with Gasteiger partial charge in [0.2, 0.25) is 0 Å². The van der Waals surface area contributed by atoms with Crippen LogP contribution in [-0.4, -0.2) is 17.1 Å². The van der Waals surface area contributed by atoms with Crippen LogP contribution < -0.4 is 10.1 Å². The molecule has 0 radical (unpaired) electrons. The van der Waals surface area contributed by atoms with E-state index in [0.29, 0.717) is 28.6 Å². The van der Waals surface area contributed by atoms with Gasteiger partial charge in [0.25, 0.3) is 0 Å². The highest BCUT2D eigenvalue weighted by Crippen LogP contribution is 2.31. The maximum Gasteiger partial charge on any atom is 0.416 e. The summed E-state index contributed by atoms with van der Waals surface area (Å²) < 4.78 is 44.1. The van der Waals surface area contributed by atoms with Gasteiger partial charge in [-0.25, -0.2) is 9.97 Å². The number of ether oxygens (including phenoxy) is 1. The first-order valence-electron chi connectivity index (χ1n) is 8.70. The van der Waals surface area contributed by atoms with E-state index in [1.807, 2.05) is 24.3 Å². The van der Waals surface area contributed by atoms with Crippen LogP contribution in [-0.2, 0) is 6.18 Å². The van der Waals surface area contributed by atoms with E-state index in [9.17, 15) is 13.2 Å². The Morgan fingerprint density at radius 1 is 1.00 bits per heavy atom. The lowest BCUT2D eigenvalue weighted by Gasteiger charge is -2.17. The van der Waals surface area contributed by atoms with Crippen LogP contribution in [0.25, 0.3) is 11.3 Å². The molecule has 1 heterocycles. The van der Waals surface area contributed by atoms with Gasteiger partial charge in [-0.15, -0.1) is 0 Å². The molecule has 3 rings (SSSR count). The van der Waals surface area contributed by atoms with E-state index in [0.717, 1.165) is 17.7 Å². The van der Waals surface area contributed by atoms with Crippen LogP contribution >= 0.6 is 0 Å². The molecular weight excluding hydrogens is 367 g/mol. The highest BCUT2D eigenvalue weighted by Gasteiger charge is 2.30. The van der Waals surface area contributed by atoms with E-state index in [1.54, 1.807) is 33.1 Å². The molecule has 4 nitrogen and oxygen atoms in total. The summed E-state index contributed by atoms with van der Waals surface area (Å²) in [4.78, 5) is 8.81. The molecule has 0 unspecified atom stereocenters. The number of aromatic nitrogens is 2. The van der Waals surface area contributed by atoms with Gasteiger partial charge in [-0.3, -0.25) is 0 Å². The number of rotatable bonds is 5. The van der Waals surface area contributed by atoms with Crippen molar-refractivity contribution in [2.24, 2.45) is 0 Å². The summed E-state index contributed by atoms with van der Waals surface area (Å²) in [5, 5.41) is 3.17. The molecule has 2 aromatic carbocycles. The van der Waals surface area contributed by atoms with Crippen LogP contribution in [0.2, 0.25) is 0 Å². The molecule has 0 amide bonds. The largest absolute Gasteiger partial charge is 0.497 e. The zero-order valence-electron chi connectivity index (χ0n) is 15.7. The fourth-order valence-corrected chi connectivity index (χ4v) is 2.86. The molecule has 7 heteroatoms. The number of hydrogen-bond donors (Lipinski definition) is 1. The fraction of sp³-hybridized carbons (Fsp3) is 0.238. The molecule has 0 bridgehead atoms. The van der Waals surface area contributed by atoms with Gasteiger partial charge in [-0.05, 0) is 43.7 Å². The standard InChI is InChI=1S/C21H20F3N3O/c1-13(15-6-4-8-17(10-15)21(22,23)24)25-20-12-19(26-14(2)27-20)16-7-5-9-18(11-16)28-3/h4-13H,1-3H3,(H,25,26,27)/t13-/m0/s1. The lowest BCUT2D eigenvalue weighted by atomic mass is 10.0. The lowest BCUT2D eigenvalue weighted by molar-refractivity contribution is -0.137. The molecular formula is C21H20F3N3O. The Morgan fingerprint density at radius 3 is 2.46 bits per heavy atom. The second kappa shape index (κ2) is 7.88. The minimum absolute atomic E-state index is 0.366. The molecule has 0 fully saturated rings. The van der Waals surface area contributed by atoms with E-state index < -0.39 is 11.7 Å². The van der Waals surface area contributed by atoms with Crippen molar-refractivity contribution in [3.8, 4) is 17.0 Å². The molecule has 0 saturated heterocycles. The van der Waals surface area contributed by atoms with Crippen molar-refractivity contribution in [1.82, 2.24) is 9.97 Å². The predicted octanol–water partition coefficient (Wildman–Crippen LogP) is 5.65. The van der Waals surface area contributed by atoms with Crippen molar-refractivity contribution in [2.75, 3.05) is 12.4 Å². The molecule has 146 valence electrons. The SMILES string of the molecule is COc1cccc(-c2cc(N[C@@H](C)c3cccc(C(F)(F)F)c3)nc(C)n2)c1. The van der Waals surface area contributed by atoms with E-state index in [4.69, 9.17) is 4.74 Å². The van der Waals surface area contributed by atoms with Gasteiger partial charge in [0.15, 0.2) is 0 Å². The van der Waals surface area contributed by atoms with Crippen molar-refractivity contribution in [3.63, 3.8) is 0 Å². The predicted molar refractivity (Wildman–Crippen MR) is 102 cm³/mol. The van der Waals surface area contributed by atoms with Gasteiger partial charge in [-0.1, -0.05) is 24.3 Å². The smallest absolute Gasteiger partial charge is 0.416 e. The first kappa shape index (κ1) is 19.7. The number of methoxy groups -OCH3 is 1. The third-order valence-electron chi connectivity index (χ3n) is 4.28. The number of nitrogens with zero attached hydrogens (tertiary/aromatic N) is 2. The Labute approximate surface area is 161 Å². The monoisotopic (exact) mass is 387 g/mol. The summed E-state index contributed by atoms with van der Waals surface area (Å²) in [6, 6.07) is 14.2. The number of anilines is 1. The molecule has 3 aromatic rings. The summed E-state index contributed by atoms with van der Waals surface area (Å²) in [7, 11) is 1.59. The fourth-order valence-electron chi connectivity index (χ4n) is 2.86. The molecule has 0 spiro atoms. The second-order valence-electron chi connectivity index (χ2n) is 6.41. The van der Waals surface area contributed by atoms with Gasteiger partial charge in [-0.2, -0.15) is 13.2 Å². The quantitative estimate of drug-likeness (QED) is 0.614. The second-order valence-corrected chi connectivity index (χ2v) is 6.41. The van der Waals surface area contributed by atoms with Crippen molar-refractivity contribution in [1.29, 1.82) is 0 Å². The van der Waals surface area contributed by atoms with Crippen molar-refractivity contribution >= 4 is 5.82 Å². The van der Waals surface area contributed by atoms with Crippen molar-refractivity contribution in [2.45, 2.75) is 26.1 Å². The molecule has 1 atom stereocenters. The van der Waals surface area contributed by atoms with Gasteiger partial charge in [0.05, 0.1) is 18.4 Å². The van der Waals surface area contributed by atoms with E-state index in [2.05, 4.69) is 15.3 Å². The van der Waals surface area contributed by atoms with Crippen LogP contribution in [0.4, 0.5) is 19.0 Å². The Bertz CT molecular complexity index is 973. The van der Waals surface area contributed by atoms with Crippen LogP contribution in [0.5, 0.6) is 5.75 Å². The minimum atomic E-state index is -4.37. The Kier molecular flexibility index (Phi) is 5.53. The third kappa shape index (κ3) is 4.60. The minimum Gasteiger partial charge on any atom is -0.497 e. The zero-order valence-corrected chi connectivity index (χ0v) is 15.7. The van der Waals surface area contributed by atoms with Gasteiger partial charge in [0.1, 0.15) is 17.4 Å². The molecule has 28 heavy (non-hydrogen) atoms. The van der Waals surface area contributed by atoms with Crippen LogP contribution in [0, 0.1) is 6.92 Å². The Balaban J connectivity index is 1.87. The maximum absolute atomic E-state index is 13.0. The highest BCUT2D eigenvalue weighted by molar-refractivity contribution is 5.64. The summed E-state index contributed by atoms with van der Waals surface area (Å²) in [6.45, 7) is 3.56. The number of halogens is 3.